The lowest BCUT2D eigenvalue weighted by Crippen LogP contribution is -2.40. The van der Waals surface area contributed by atoms with Gasteiger partial charge in [0.25, 0.3) is 0 Å². The molecule has 2 N–H and O–H groups in total. The molecule has 4 rings (SSSR count). The number of primary amides is 1. The highest BCUT2D eigenvalue weighted by molar-refractivity contribution is 6.07. The number of ether oxygens (including phenoxy) is 1. The van der Waals surface area contributed by atoms with E-state index in [1.807, 2.05) is 24.3 Å². The molecule has 29 heavy (non-hydrogen) atoms. The lowest BCUT2D eigenvalue weighted by Gasteiger charge is -2.38. The van der Waals surface area contributed by atoms with Crippen LogP contribution in [0, 0.1) is 0 Å². The highest BCUT2D eigenvalue weighted by Gasteiger charge is 2.40. The van der Waals surface area contributed by atoms with Crippen molar-refractivity contribution in [3.05, 3.63) is 70.9 Å². The molecule has 0 saturated carbocycles. The molecule has 0 bridgehead atoms. The van der Waals surface area contributed by atoms with Gasteiger partial charge in [-0.3, -0.25) is 19.3 Å². The third-order valence-electron chi connectivity index (χ3n) is 5.60. The first-order valence-electron chi connectivity index (χ1n) is 9.63. The summed E-state index contributed by atoms with van der Waals surface area (Å²) >= 11 is 0. The monoisotopic (exact) mass is 390 g/mol. The second kappa shape index (κ2) is 7.54. The molecule has 6 nitrogen and oxygen atoms in total. The second-order valence-corrected chi connectivity index (χ2v) is 7.28. The first-order valence-corrected chi connectivity index (χ1v) is 9.63. The van der Waals surface area contributed by atoms with Crippen LogP contribution in [0.3, 0.4) is 0 Å². The Morgan fingerprint density at radius 1 is 1.07 bits per heavy atom. The number of anilines is 1. The lowest BCUT2D eigenvalue weighted by molar-refractivity contribution is -0.119. The highest BCUT2D eigenvalue weighted by atomic mass is 16.5. The van der Waals surface area contributed by atoms with Gasteiger partial charge >= 0.3 is 0 Å². The van der Waals surface area contributed by atoms with Gasteiger partial charge in [-0.05, 0) is 43.2 Å². The molecular weight excluding hydrogens is 368 g/mol. The fourth-order valence-corrected chi connectivity index (χ4v) is 4.29. The molecule has 6 heteroatoms. The van der Waals surface area contributed by atoms with Gasteiger partial charge in [-0.2, -0.15) is 0 Å². The predicted molar refractivity (Wildman–Crippen MR) is 109 cm³/mol. The van der Waals surface area contributed by atoms with Gasteiger partial charge in [-0.25, -0.2) is 0 Å². The quantitative estimate of drug-likeness (QED) is 0.867. The van der Waals surface area contributed by atoms with E-state index in [4.69, 9.17) is 10.5 Å². The smallest absolute Gasteiger partial charge is 0.248 e. The molecule has 2 aromatic rings. The molecule has 0 aromatic heterocycles. The van der Waals surface area contributed by atoms with E-state index in [-0.39, 0.29) is 24.0 Å². The van der Waals surface area contributed by atoms with Crippen LogP contribution in [0.5, 0.6) is 5.75 Å². The van der Waals surface area contributed by atoms with Crippen LogP contribution in [0.1, 0.15) is 47.5 Å². The normalized spacial score (nSPS) is 19.2. The molecule has 0 radical (unpaired) electrons. The van der Waals surface area contributed by atoms with Crippen molar-refractivity contribution in [1.82, 2.24) is 0 Å². The summed E-state index contributed by atoms with van der Waals surface area (Å²) in [6, 6.07) is 14.1. The van der Waals surface area contributed by atoms with Crippen molar-refractivity contribution < 1.29 is 19.1 Å². The molecule has 1 heterocycles. The maximum absolute atomic E-state index is 13.2. The Morgan fingerprint density at radius 2 is 1.79 bits per heavy atom. The molecule has 148 valence electrons. The molecule has 1 atom stereocenters. The zero-order valence-electron chi connectivity index (χ0n) is 16.2. The Labute approximate surface area is 168 Å². The van der Waals surface area contributed by atoms with Gasteiger partial charge < -0.3 is 10.5 Å². The van der Waals surface area contributed by atoms with Crippen molar-refractivity contribution in [1.29, 1.82) is 0 Å². The zero-order chi connectivity index (χ0) is 20.5. The molecular formula is C23H22N2O4. The number of allylic oxidation sites excluding steroid dienone is 2. The fourth-order valence-electron chi connectivity index (χ4n) is 4.29. The number of nitrogens with zero attached hydrogens (tertiary/aromatic N) is 1. The van der Waals surface area contributed by atoms with Crippen molar-refractivity contribution in [2.24, 2.45) is 5.73 Å². The maximum Gasteiger partial charge on any atom is 0.248 e. The number of hydrogen-bond donors (Lipinski definition) is 1. The van der Waals surface area contributed by atoms with Crippen molar-refractivity contribution in [3.8, 4) is 5.75 Å². The van der Waals surface area contributed by atoms with Crippen LogP contribution in [0.15, 0.2) is 59.8 Å². The summed E-state index contributed by atoms with van der Waals surface area (Å²) in [6.45, 7) is 0. The minimum absolute atomic E-state index is 0.0772. The standard InChI is InChI=1S/C23H22N2O4/c1-29-20-8-3-2-5-16(20)17-13-21(27)25(18-6-4-7-19(26)22(17)18)15-11-9-14(10-12-15)23(24)28/h2-3,5,8-12,17H,4,6-7,13H2,1H3,(H2,24,28). The van der Waals surface area contributed by atoms with Gasteiger partial charge in [0.15, 0.2) is 5.78 Å². The molecule has 2 aliphatic rings. The number of nitrogens with two attached hydrogens (primary N) is 1. The zero-order valence-corrected chi connectivity index (χ0v) is 16.2. The number of rotatable bonds is 4. The van der Waals surface area contributed by atoms with E-state index in [1.54, 1.807) is 36.3 Å². The van der Waals surface area contributed by atoms with E-state index in [1.165, 1.54) is 0 Å². The second-order valence-electron chi connectivity index (χ2n) is 7.28. The number of methoxy groups -OCH3 is 1. The highest BCUT2D eigenvalue weighted by Crippen LogP contribution is 2.45. The Morgan fingerprint density at radius 3 is 2.48 bits per heavy atom. The van der Waals surface area contributed by atoms with Crippen LogP contribution in [-0.2, 0) is 9.59 Å². The number of ketones is 1. The third-order valence-corrected chi connectivity index (χ3v) is 5.60. The first-order chi connectivity index (χ1) is 14.0. The van der Waals surface area contributed by atoms with Gasteiger partial charge in [0.05, 0.1) is 7.11 Å². The summed E-state index contributed by atoms with van der Waals surface area (Å²) < 4.78 is 5.49. The summed E-state index contributed by atoms with van der Waals surface area (Å²) in [7, 11) is 1.59. The maximum atomic E-state index is 13.2. The average Bonchev–Trinajstić information content (AvgIpc) is 2.73. The first kappa shape index (κ1) is 18.9. The topological polar surface area (TPSA) is 89.7 Å². The Hall–Kier alpha value is -3.41. The van der Waals surface area contributed by atoms with E-state index >= 15 is 0 Å². The van der Waals surface area contributed by atoms with E-state index in [0.29, 0.717) is 41.8 Å². The predicted octanol–water partition coefficient (Wildman–Crippen LogP) is 3.32. The van der Waals surface area contributed by atoms with Gasteiger partial charge in [0.2, 0.25) is 11.8 Å². The number of carbonyl (C=O) groups is 3. The number of Topliss-reactive ketones (excluding diaryl/α,β-unsaturated/α-hetero) is 1. The minimum atomic E-state index is -0.523. The van der Waals surface area contributed by atoms with E-state index in [0.717, 1.165) is 11.3 Å². The molecule has 1 aliphatic carbocycles. The lowest BCUT2D eigenvalue weighted by atomic mass is 9.77. The summed E-state index contributed by atoms with van der Waals surface area (Å²) in [5, 5.41) is 0. The summed E-state index contributed by atoms with van der Waals surface area (Å²) in [5.41, 5.74) is 8.63. The number of carbonyl (C=O) groups excluding carboxylic acids is 3. The molecule has 1 unspecified atom stereocenters. The SMILES string of the molecule is COc1ccccc1C1CC(=O)N(c2ccc(C(N)=O)cc2)C2=C1C(=O)CCC2. The van der Waals surface area contributed by atoms with Crippen LogP contribution >= 0.6 is 0 Å². The van der Waals surface area contributed by atoms with Crippen molar-refractivity contribution in [3.63, 3.8) is 0 Å². The third kappa shape index (κ3) is 3.31. The molecule has 1 aliphatic heterocycles. The molecule has 0 saturated heterocycles. The summed E-state index contributed by atoms with van der Waals surface area (Å²) in [4.78, 5) is 39.1. The van der Waals surface area contributed by atoms with Crippen LogP contribution in [0.25, 0.3) is 0 Å². The minimum Gasteiger partial charge on any atom is -0.496 e. The number of para-hydroxylation sites is 1. The van der Waals surface area contributed by atoms with Crippen molar-refractivity contribution in [2.75, 3.05) is 12.0 Å². The fraction of sp³-hybridized carbons (Fsp3) is 0.261. The van der Waals surface area contributed by atoms with Gasteiger partial charge in [0, 0.05) is 46.8 Å². The largest absolute Gasteiger partial charge is 0.496 e. The Bertz CT molecular complexity index is 1020. The average molecular weight is 390 g/mol. The van der Waals surface area contributed by atoms with E-state index in [2.05, 4.69) is 0 Å². The van der Waals surface area contributed by atoms with Gasteiger partial charge in [0.1, 0.15) is 5.75 Å². The molecule has 0 fully saturated rings. The van der Waals surface area contributed by atoms with Crippen LogP contribution in [-0.4, -0.2) is 24.7 Å². The Balaban J connectivity index is 1.84. The van der Waals surface area contributed by atoms with Crippen LogP contribution in [0.2, 0.25) is 0 Å². The van der Waals surface area contributed by atoms with Crippen LogP contribution in [0.4, 0.5) is 5.69 Å². The number of amides is 2. The summed E-state index contributed by atoms with van der Waals surface area (Å²) in [6.07, 6.45) is 2.02. The van der Waals surface area contributed by atoms with Crippen molar-refractivity contribution >= 4 is 23.3 Å². The molecule has 2 aromatic carbocycles. The van der Waals surface area contributed by atoms with Gasteiger partial charge in [-0.15, -0.1) is 0 Å². The summed E-state index contributed by atoms with van der Waals surface area (Å²) in [5.74, 6) is -0.169. The van der Waals surface area contributed by atoms with E-state index < -0.39 is 5.91 Å². The number of hydrogen-bond acceptors (Lipinski definition) is 4. The molecule has 2 amide bonds. The van der Waals surface area contributed by atoms with Crippen LogP contribution < -0.4 is 15.4 Å². The number of benzene rings is 2. The van der Waals surface area contributed by atoms with Crippen molar-refractivity contribution in [2.45, 2.75) is 31.6 Å². The van der Waals surface area contributed by atoms with E-state index in [9.17, 15) is 14.4 Å². The van der Waals surface area contributed by atoms with Gasteiger partial charge in [-0.1, -0.05) is 18.2 Å². The molecule has 0 spiro atoms. The Kier molecular flexibility index (Phi) is 4.92.